The second kappa shape index (κ2) is 7.09. The average Bonchev–Trinajstić information content (AvgIpc) is 2.55. The highest BCUT2D eigenvalue weighted by molar-refractivity contribution is 5.94. The third kappa shape index (κ3) is 3.77. The van der Waals surface area contributed by atoms with Crippen molar-refractivity contribution in [1.29, 1.82) is 0 Å². The molecule has 6 nitrogen and oxygen atoms in total. The van der Waals surface area contributed by atoms with Gasteiger partial charge in [-0.2, -0.15) is 5.10 Å². The van der Waals surface area contributed by atoms with E-state index >= 15 is 0 Å². The van der Waals surface area contributed by atoms with Crippen molar-refractivity contribution >= 4 is 5.91 Å². The Hall–Kier alpha value is -2.63. The maximum atomic E-state index is 12.4. The molecule has 0 aliphatic heterocycles. The normalized spacial score (nSPS) is 10.7. The van der Waals surface area contributed by atoms with Gasteiger partial charge in [-0.15, -0.1) is 0 Å². The topological polar surface area (TPSA) is 73.2 Å². The summed E-state index contributed by atoms with van der Waals surface area (Å²) in [6.45, 7) is 4.44. The number of benzene rings is 1. The van der Waals surface area contributed by atoms with Gasteiger partial charge in [0.25, 0.3) is 11.5 Å². The van der Waals surface area contributed by atoms with Gasteiger partial charge in [0.15, 0.2) is 0 Å². The number of rotatable bonds is 5. The van der Waals surface area contributed by atoms with Crippen molar-refractivity contribution in [2.45, 2.75) is 20.4 Å². The molecule has 1 aromatic heterocycles. The van der Waals surface area contributed by atoms with E-state index in [1.807, 2.05) is 38.1 Å². The van der Waals surface area contributed by atoms with Crippen molar-refractivity contribution in [2.24, 2.45) is 5.92 Å². The Bertz CT molecular complexity index is 749. The van der Waals surface area contributed by atoms with E-state index < -0.39 is 5.91 Å². The summed E-state index contributed by atoms with van der Waals surface area (Å²) in [7, 11) is 3.10. The van der Waals surface area contributed by atoms with Crippen molar-refractivity contribution in [3.8, 4) is 17.0 Å². The molecule has 1 N–H and O–H groups in total. The second-order valence-electron chi connectivity index (χ2n) is 5.63. The summed E-state index contributed by atoms with van der Waals surface area (Å²) in [5, 5.41) is 6.90. The minimum absolute atomic E-state index is 0.0916. The molecule has 2 rings (SSSR count). The van der Waals surface area contributed by atoms with Crippen LogP contribution >= 0.6 is 0 Å². The summed E-state index contributed by atoms with van der Waals surface area (Å²) in [6, 6.07) is 8.85. The van der Waals surface area contributed by atoms with Crippen LogP contribution in [-0.4, -0.2) is 29.8 Å². The first kappa shape index (κ1) is 16.7. The Morgan fingerprint density at radius 1 is 1.30 bits per heavy atom. The number of nitrogens with one attached hydrogen (secondary N) is 1. The third-order valence-corrected chi connectivity index (χ3v) is 3.37. The van der Waals surface area contributed by atoms with Crippen LogP contribution < -0.4 is 15.6 Å². The van der Waals surface area contributed by atoms with E-state index in [1.54, 1.807) is 7.11 Å². The van der Waals surface area contributed by atoms with Gasteiger partial charge in [-0.1, -0.05) is 13.8 Å². The molecule has 0 aliphatic rings. The van der Waals surface area contributed by atoms with Gasteiger partial charge >= 0.3 is 0 Å². The summed E-state index contributed by atoms with van der Waals surface area (Å²) >= 11 is 0. The molecule has 122 valence electrons. The van der Waals surface area contributed by atoms with E-state index in [2.05, 4.69) is 10.4 Å². The number of hydrogen-bond donors (Lipinski definition) is 1. The molecule has 0 radical (unpaired) electrons. The van der Waals surface area contributed by atoms with Crippen LogP contribution in [0, 0.1) is 5.92 Å². The molecule has 23 heavy (non-hydrogen) atoms. The Morgan fingerprint density at radius 2 is 1.96 bits per heavy atom. The molecular formula is C17H21N3O3. The summed E-state index contributed by atoms with van der Waals surface area (Å²) in [4.78, 5) is 24.4. The first-order valence-corrected chi connectivity index (χ1v) is 7.45. The Morgan fingerprint density at radius 3 is 2.48 bits per heavy atom. The van der Waals surface area contributed by atoms with Gasteiger partial charge in [0.1, 0.15) is 11.3 Å². The van der Waals surface area contributed by atoms with E-state index in [-0.39, 0.29) is 17.0 Å². The molecule has 0 atom stereocenters. The molecule has 1 heterocycles. The fraction of sp³-hybridized carbons (Fsp3) is 0.353. The van der Waals surface area contributed by atoms with Crippen LogP contribution in [0.4, 0.5) is 0 Å². The number of nitrogens with zero attached hydrogens (tertiary/aromatic N) is 2. The van der Waals surface area contributed by atoms with Gasteiger partial charge < -0.3 is 10.1 Å². The zero-order valence-electron chi connectivity index (χ0n) is 13.8. The van der Waals surface area contributed by atoms with Crippen LogP contribution in [0.3, 0.4) is 0 Å². The largest absolute Gasteiger partial charge is 0.497 e. The maximum Gasteiger partial charge on any atom is 0.279 e. The van der Waals surface area contributed by atoms with Crippen molar-refractivity contribution in [3.63, 3.8) is 0 Å². The highest BCUT2D eigenvalue weighted by Gasteiger charge is 2.16. The molecule has 0 fully saturated rings. The monoisotopic (exact) mass is 315 g/mol. The lowest BCUT2D eigenvalue weighted by Crippen LogP contribution is -2.34. The minimum Gasteiger partial charge on any atom is -0.497 e. The SMILES string of the molecule is CNC(=O)c1cc(-c2ccc(OC)cc2)nn(CC(C)C)c1=O. The Labute approximate surface area is 135 Å². The highest BCUT2D eigenvalue weighted by Crippen LogP contribution is 2.20. The number of carbonyl (C=O) groups is 1. The predicted octanol–water partition coefficient (Wildman–Crippen LogP) is 1.93. The van der Waals surface area contributed by atoms with Crippen LogP contribution in [0.2, 0.25) is 0 Å². The lowest BCUT2D eigenvalue weighted by molar-refractivity contribution is 0.0960. The smallest absolute Gasteiger partial charge is 0.279 e. The second-order valence-corrected chi connectivity index (χ2v) is 5.63. The van der Waals surface area contributed by atoms with Crippen LogP contribution in [0.15, 0.2) is 35.1 Å². The molecule has 2 aromatic rings. The molecule has 0 unspecified atom stereocenters. The number of amides is 1. The van der Waals surface area contributed by atoms with Crippen molar-refractivity contribution < 1.29 is 9.53 Å². The fourth-order valence-electron chi connectivity index (χ4n) is 2.21. The third-order valence-electron chi connectivity index (χ3n) is 3.37. The lowest BCUT2D eigenvalue weighted by Gasteiger charge is -2.12. The van der Waals surface area contributed by atoms with Crippen molar-refractivity contribution in [1.82, 2.24) is 15.1 Å². The molecule has 1 aromatic carbocycles. The fourth-order valence-corrected chi connectivity index (χ4v) is 2.21. The summed E-state index contributed by atoms with van der Waals surface area (Å²) in [6.07, 6.45) is 0. The maximum absolute atomic E-state index is 12.4. The zero-order valence-corrected chi connectivity index (χ0v) is 13.8. The quantitative estimate of drug-likeness (QED) is 0.915. The molecule has 6 heteroatoms. The van der Waals surface area contributed by atoms with Gasteiger partial charge in [-0.05, 0) is 36.2 Å². The minimum atomic E-state index is -0.412. The Kier molecular flexibility index (Phi) is 5.16. The van der Waals surface area contributed by atoms with Gasteiger partial charge in [-0.3, -0.25) is 9.59 Å². The van der Waals surface area contributed by atoms with Gasteiger partial charge in [0.2, 0.25) is 0 Å². The summed E-state index contributed by atoms with van der Waals surface area (Å²) in [5.74, 6) is 0.560. The molecule has 1 amide bonds. The van der Waals surface area contributed by atoms with E-state index in [0.717, 1.165) is 11.3 Å². The van der Waals surface area contributed by atoms with E-state index in [4.69, 9.17) is 4.74 Å². The van der Waals surface area contributed by atoms with Crippen molar-refractivity contribution in [2.75, 3.05) is 14.2 Å². The van der Waals surface area contributed by atoms with E-state index in [0.29, 0.717) is 12.2 Å². The molecule has 0 saturated carbocycles. The standard InChI is InChI=1S/C17H21N3O3/c1-11(2)10-20-17(22)14(16(21)18-3)9-15(19-20)12-5-7-13(23-4)8-6-12/h5-9,11H,10H2,1-4H3,(H,18,21). The van der Waals surface area contributed by atoms with E-state index in [9.17, 15) is 9.59 Å². The lowest BCUT2D eigenvalue weighted by atomic mass is 10.1. The molecule has 0 aliphatic carbocycles. The number of methoxy groups -OCH3 is 1. The van der Waals surface area contributed by atoms with Gasteiger partial charge in [0, 0.05) is 19.2 Å². The first-order valence-electron chi connectivity index (χ1n) is 7.45. The summed E-state index contributed by atoms with van der Waals surface area (Å²) < 4.78 is 6.50. The first-order chi connectivity index (χ1) is 11.0. The molecular weight excluding hydrogens is 294 g/mol. The number of aromatic nitrogens is 2. The van der Waals surface area contributed by atoms with Gasteiger partial charge in [-0.25, -0.2) is 4.68 Å². The van der Waals surface area contributed by atoms with Gasteiger partial charge in [0.05, 0.1) is 12.8 Å². The number of hydrogen-bond acceptors (Lipinski definition) is 4. The Balaban J connectivity index is 2.57. The predicted molar refractivity (Wildman–Crippen MR) is 88.7 cm³/mol. The van der Waals surface area contributed by atoms with Crippen LogP contribution in [0.1, 0.15) is 24.2 Å². The van der Waals surface area contributed by atoms with Crippen LogP contribution in [0.25, 0.3) is 11.3 Å². The molecule has 0 bridgehead atoms. The van der Waals surface area contributed by atoms with E-state index in [1.165, 1.54) is 17.8 Å². The molecule has 0 spiro atoms. The zero-order chi connectivity index (χ0) is 17.0. The van der Waals surface area contributed by atoms with Crippen LogP contribution in [0.5, 0.6) is 5.75 Å². The molecule has 0 saturated heterocycles. The number of ether oxygens (including phenoxy) is 1. The number of carbonyl (C=O) groups excluding carboxylic acids is 1. The van der Waals surface area contributed by atoms with Crippen LogP contribution in [-0.2, 0) is 6.54 Å². The van der Waals surface area contributed by atoms with Crippen molar-refractivity contribution in [3.05, 3.63) is 46.2 Å². The summed E-state index contributed by atoms with van der Waals surface area (Å²) in [5.41, 5.74) is 1.10. The highest BCUT2D eigenvalue weighted by atomic mass is 16.5. The average molecular weight is 315 g/mol.